The molecule has 15 nitrogen and oxygen atoms in total. The summed E-state index contributed by atoms with van der Waals surface area (Å²) < 4.78 is 90.4. The second-order valence-electron chi connectivity index (χ2n) is 7.81. The summed E-state index contributed by atoms with van der Waals surface area (Å²) in [5.74, 6) is -1.66. The summed E-state index contributed by atoms with van der Waals surface area (Å²) in [5.41, 5.74) is 11.4. The van der Waals surface area contributed by atoms with Gasteiger partial charge >= 0.3 is 6.03 Å². The van der Waals surface area contributed by atoms with E-state index in [4.69, 9.17) is 16.0 Å². The van der Waals surface area contributed by atoms with Crippen molar-refractivity contribution in [2.24, 2.45) is 16.0 Å². The van der Waals surface area contributed by atoms with Crippen LogP contribution in [-0.2, 0) is 39.0 Å². The fourth-order valence-corrected chi connectivity index (χ4v) is 5.78. The largest absolute Gasteiger partial charge is 0.397 e. The Morgan fingerprint density at radius 2 is 1.64 bits per heavy atom. The third kappa shape index (κ3) is 7.68. The van der Waals surface area contributed by atoms with Gasteiger partial charge in [0, 0.05) is 11.1 Å². The van der Waals surface area contributed by atoms with E-state index < -0.39 is 54.4 Å². The normalized spacial score (nSPS) is 12.7. The Hall–Kier alpha value is -3.68. The first-order valence-electron chi connectivity index (χ1n) is 10.6. The molecule has 3 aromatic rings. The Bertz CT molecular complexity index is 1770. The highest BCUT2D eigenvalue weighted by atomic mass is 32.2. The molecule has 3 aromatic carbocycles. The molecule has 0 heterocycles. The van der Waals surface area contributed by atoms with Gasteiger partial charge in [0.15, 0.2) is 15.8 Å². The Morgan fingerprint density at radius 3 is 2.26 bits per heavy atom. The van der Waals surface area contributed by atoms with Crippen molar-refractivity contribution < 1.29 is 43.5 Å². The zero-order valence-electron chi connectivity index (χ0n) is 20.1. The molecule has 18 heteroatoms. The summed E-state index contributed by atoms with van der Waals surface area (Å²) in [5, 5.41) is 10.6. The van der Waals surface area contributed by atoms with Crippen LogP contribution in [0.1, 0.15) is 0 Å². The van der Waals surface area contributed by atoms with Crippen molar-refractivity contribution in [2.75, 3.05) is 36.5 Å². The SMILES string of the molecule is COS(=O)(=O)c1c(N=Nc2ccc(NC(N)=O)cc2N)ccc2cc(S(=O)(=O)CCOCS(=O)(=O)O)ccc12. The first kappa shape index (κ1) is 29.9. The van der Waals surface area contributed by atoms with Gasteiger partial charge in [-0.25, -0.2) is 13.2 Å². The minimum Gasteiger partial charge on any atom is -0.397 e. The van der Waals surface area contributed by atoms with Gasteiger partial charge in [0.2, 0.25) is 0 Å². The third-order valence-electron chi connectivity index (χ3n) is 5.04. The molecule has 0 radical (unpaired) electrons. The van der Waals surface area contributed by atoms with Crippen LogP contribution in [0.5, 0.6) is 0 Å². The molecule has 6 N–H and O–H groups in total. The molecule has 0 fully saturated rings. The standard InChI is InChI=1S/C21H23N5O10S3/c1-35-39(33,34)20-16-5-4-15(37(28,29)9-8-36-12-38(30,31)32)10-13(16)2-6-19(20)26-25-18-7-3-14(11-17(18)22)24-21(23)27/h2-7,10-11H,8-9,12,22H2,1H3,(H3,23,24,27)(H,30,31,32). The fourth-order valence-electron chi connectivity index (χ4n) is 3.31. The summed E-state index contributed by atoms with van der Waals surface area (Å²) in [6, 6.07) is 9.83. The number of anilines is 2. The van der Waals surface area contributed by atoms with E-state index in [0.717, 1.165) is 7.11 Å². The van der Waals surface area contributed by atoms with Crippen molar-refractivity contribution in [2.45, 2.75) is 9.79 Å². The lowest BCUT2D eigenvalue weighted by Crippen LogP contribution is -2.19. The number of amides is 2. The number of ether oxygens (including phenoxy) is 1. The van der Waals surface area contributed by atoms with E-state index in [1.54, 1.807) is 0 Å². The number of sulfone groups is 1. The maximum absolute atomic E-state index is 12.8. The van der Waals surface area contributed by atoms with Gasteiger partial charge in [-0.15, -0.1) is 10.2 Å². The van der Waals surface area contributed by atoms with Crippen molar-refractivity contribution in [3.8, 4) is 0 Å². The van der Waals surface area contributed by atoms with Gasteiger partial charge in [0.25, 0.3) is 20.2 Å². The van der Waals surface area contributed by atoms with Crippen LogP contribution in [-0.4, -0.2) is 61.2 Å². The summed E-state index contributed by atoms with van der Waals surface area (Å²) in [6.45, 7) is -0.508. The average molecular weight is 602 g/mol. The van der Waals surface area contributed by atoms with Gasteiger partial charge in [-0.3, -0.25) is 8.74 Å². The molecule has 0 bridgehead atoms. The topological polar surface area (TPSA) is 247 Å². The van der Waals surface area contributed by atoms with E-state index in [9.17, 15) is 30.0 Å². The van der Waals surface area contributed by atoms with Gasteiger partial charge in [-0.2, -0.15) is 16.8 Å². The van der Waals surface area contributed by atoms with Crippen LogP contribution < -0.4 is 16.8 Å². The maximum Gasteiger partial charge on any atom is 0.316 e. The van der Waals surface area contributed by atoms with Crippen LogP contribution in [0.3, 0.4) is 0 Å². The highest BCUT2D eigenvalue weighted by Gasteiger charge is 2.24. The lowest BCUT2D eigenvalue weighted by atomic mass is 10.1. The molecule has 0 aliphatic rings. The molecule has 210 valence electrons. The lowest BCUT2D eigenvalue weighted by Gasteiger charge is -2.11. The molecule has 0 atom stereocenters. The Labute approximate surface area is 223 Å². The molecule has 0 aliphatic carbocycles. The zero-order valence-corrected chi connectivity index (χ0v) is 22.6. The first-order valence-corrected chi connectivity index (χ1v) is 15.3. The van der Waals surface area contributed by atoms with Gasteiger partial charge in [0.1, 0.15) is 16.3 Å². The van der Waals surface area contributed by atoms with Gasteiger partial charge in [-0.05, 0) is 41.8 Å². The number of nitrogen functional groups attached to an aromatic ring is 1. The number of hydrogen-bond acceptors (Lipinski definition) is 12. The van der Waals surface area contributed by atoms with Crippen LogP contribution in [0.4, 0.5) is 27.5 Å². The molecule has 0 saturated carbocycles. The van der Waals surface area contributed by atoms with Crippen molar-refractivity contribution in [3.63, 3.8) is 0 Å². The quantitative estimate of drug-likeness (QED) is 0.0816. The number of nitrogens with one attached hydrogen (secondary N) is 1. The molecular formula is C21H23N5O10S3. The van der Waals surface area contributed by atoms with E-state index in [0.29, 0.717) is 5.69 Å². The number of azo groups is 1. The number of urea groups is 1. The number of benzene rings is 3. The third-order valence-corrected chi connectivity index (χ3v) is 8.55. The molecule has 0 spiro atoms. The number of nitrogens with two attached hydrogens (primary N) is 2. The second kappa shape index (κ2) is 11.6. The minimum absolute atomic E-state index is 0.0869. The smallest absolute Gasteiger partial charge is 0.316 e. The summed E-state index contributed by atoms with van der Waals surface area (Å²) in [7, 11) is -11.8. The van der Waals surface area contributed by atoms with E-state index in [-0.39, 0.29) is 37.6 Å². The molecule has 2 amide bonds. The van der Waals surface area contributed by atoms with Crippen LogP contribution in [0.2, 0.25) is 0 Å². The fraction of sp³-hybridized carbons (Fsp3) is 0.190. The lowest BCUT2D eigenvalue weighted by molar-refractivity contribution is 0.187. The van der Waals surface area contributed by atoms with Crippen LogP contribution in [0.25, 0.3) is 10.8 Å². The number of carbonyl (C=O) groups is 1. The van der Waals surface area contributed by atoms with E-state index in [1.807, 2.05) is 0 Å². The Kier molecular flexibility index (Phi) is 8.88. The monoisotopic (exact) mass is 601 g/mol. The highest BCUT2D eigenvalue weighted by molar-refractivity contribution is 7.91. The van der Waals surface area contributed by atoms with E-state index in [1.165, 1.54) is 48.5 Å². The maximum atomic E-state index is 12.8. The molecular weight excluding hydrogens is 578 g/mol. The highest BCUT2D eigenvalue weighted by Crippen LogP contribution is 2.36. The minimum atomic E-state index is -4.42. The summed E-state index contributed by atoms with van der Waals surface area (Å²) in [4.78, 5) is 10.4. The first-order chi connectivity index (χ1) is 18.1. The van der Waals surface area contributed by atoms with Crippen molar-refractivity contribution in [3.05, 3.63) is 48.5 Å². The number of hydrogen-bond donors (Lipinski definition) is 4. The van der Waals surface area contributed by atoms with Crippen molar-refractivity contribution >= 4 is 69.6 Å². The molecule has 3 rings (SSSR count). The van der Waals surface area contributed by atoms with Gasteiger partial charge in [0.05, 0.1) is 30.1 Å². The molecule has 39 heavy (non-hydrogen) atoms. The van der Waals surface area contributed by atoms with E-state index in [2.05, 4.69) is 24.5 Å². The number of rotatable bonds is 11. The van der Waals surface area contributed by atoms with Crippen LogP contribution in [0.15, 0.2) is 68.6 Å². The molecule has 0 saturated heterocycles. The van der Waals surface area contributed by atoms with E-state index >= 15 is 0 Å². The predicted octanol–water partition coefficient (Wildman–Crippen LogP) is 2.30. The van der Waals surface area contributed by atoms with Crippen LogP contribution in [0, 0.1) is 0 Å². The predicted molar refractivity (Wildman–Crippen MR) is 141 cm³/mol. The zero-order chi connectivity index (χ0) is 29.0. The van der Waals surface area contributed by atoms with Crippen molar-refractivity contribution in [1.82, 2.24) is 0 Å². The number of nitrogens with zero attached hydrogens (tertiary/aromatic N) is 2. The Morgan fingerprint density at radius 1 is 0.974 bits per heavy atom. The molecule has 0 unspecified atom stereocenters. The van der Waals surface area contributed by atoms with Gasteiger partial charge < -0.3 is 21.5 Å². The number of primary amides is 1. The number of fused-ring (bicyclic) bond motifs is 1. The second-order valence-corrected chi connectivity index (χ2v) is 13.0. The van der Waals surface area contributed by atoms with Crippen molar-refractivity contribution in [1.29, 1.82) is 0 Å². The molecule has 0 aliphatic heterocycles. The Balaban J connectivity index is 1.99. The summed E-state index contributed by atoms with van der Waals surface area (Å²) in [6.07, 6.45) is 0. The average Bonchev–Trinajstić information content (AvgIpc) is 2.84. The number of carbonyl (C=O) groups excluding carboxylic acids is 1. The van der Waals surface area contributed by atoms with Crippen LogP contribution >= 0.6 is 0 Å². The molecule has 0 aromatic heterocycles. The summed E-state index contributed by atoms with van der Waals surface area (Å²) >= 11 is 0. The van der Waals surface area contributed by atoms with Gasteiger partial charge in [-0.1, -0.05) is 12.1 Å².